The van der Waals surface area contributed by atoms with Gasteiger partial charge >= 0.3 is 18.1 Å². The van der Waals surface area contributed by atoms with Gasteiger partial charge in [-0.3, -0.25) is 9.59 Å². The van der Waals surface area contributed by atoms with Crippen LogP contribution in [0, 0.1) is 10.8 Å². The molecular formula is C15H25F3O5. The number of esters is 2. The second kappa shape index (κ2) is 8.52. The number of aliphatic hydroxyl groups is 1. The minimum Gasteiger partial charge on any atom is -0.465 e. The Morgan fingerprint density at radius 3 is 1.96 bits per heavy atom. The SMILES string of the molecule is CCC(C)(CC(C)(C)C(=O)OCCO)C(=O)OCCC(F)(F)F. The fourth-order valence-electron chi connectivity index (χ4n) is 2.16. The molecule has 1 atom stereocenters. The third kappa shape index (κ3) is 7.67. The van der Waals surface area contributed by atoms with E-state index in [9.17, 15) is 22.8 Å². The van der Waals surface area contributed by atoms with Crippen molar-refractivity contribution in [2.75, 3.05) is 19.8 Å². The van der Waals surface area contributed by atoms with Gasteiger partial charge in [0.25, 0.3) is 0 Å². The number of rotatable bonds is 9. The molecule has 0 saturated carbocycles. The van der Waals surface area contributed by atoms with Gasteiger partial charge in [-0.15, -0.1) is 0 Å². The van der Waals surface area contributed by atoms with Crippen LogP contribution in [0.25, 0.3) is 0 Å². The highest BCUT2D eigenvalue weighted by Crippen LogP contribution is 2.38. The Labute approximate surface area is 134 Å². The van der Waals surface area contributed by atoms with E-state index in [1.165, 1.54) is 0 Å². The van der Waals surface area contributed by atoms with Crippen LogP contribution in [0.2, 0.25) is 0 Å². The normalized spacial score (nSPS) is 15.0. The maximum absolute atomic E-state index is 12.1. The lowest BCUT2D eigenvalue weighted by molar-refractivity contribution is -0.170. The van der Waals surface area contributed by atoms with Gasteiger partial charge in [0.2, 0.25) is 0 Å². The molecule has 0 aromatic rings. The maximum Gasteiger partial charge on any atom is 0.392 e. The summed E-state index contributed by atoms with van der Waals surface area (Å²) in [5.41, 5.74) is -2.14. The van der Waals surface area contributed by atoms with E-state index < -0.39 is 42.0 Å². The Hall–Kier alpha value is -1.31. The minimum absolute atomic E-state index is 0.0611. The number of carbonyl (C=O) groups excluding carboxylic acids is 2. The molecule has 23 heavy (non-hydrogen) atoms. The van der Waals surface area contributed by atoms with E-state index in [1.54, 1.807) is 27.7 Å². The average molecular weight is 342 g/mol. The Bertz CT molecular complexity index is 406. The smallest absolute Gasteiger partial charge is 0.392 e. The second-order valence-electron chi connectivity index (χ2n) is 6.34. The van der Waals surface area contributed by atoms with Crippen molar-refractivity contribution in [1.82, 2.24) is 0 Å². The number of aliphatic hydroxyl groups excluding tert-OH is 1. The summed E-state index contributed by atoms with van der Waals surface area (Å²) in [6, 6.07) is 0. The van der Waals surface area contributed by atoms with Crippen molar-refractivity contribution >= 4 is 11.9 Å². The molecule has 0 heterocycles. The van der Waals surface area contributed by atoms with Crippen molar-refractivity contribution in [2.45, 2.75) is 53.1 Å². The lowest BCUT2D eigenvalue weighted by atomic mass is 9.72. The molecule has 0 aliphatic heterocycles. The lowest BCUT2D eigenvalue weighted by Crippen LogP contribution is -2.39. The molecule has 0 aromatic heterocycles. The fourth-order valence-corrected chi connectivity index (χ4v) is 2.16. The molecule has 0 saturated heterocycles. The highest BCUT2D eigenvalue weighted by molar-refractivity contribution is 5.80. The quantitative estimate of drug-likeness (QED) is 0.652. The number of halogens is 3. The zero-order valence-electron chi connectivity index (χ0n) is 14.0. The predicted octanol–water partition coefficient (Wildman–Crippen LogP) is 2.85. The van der Waals surface area contributed by atoms with E-state index in [2.05, 4.69) is 0 Å². The van der Waals surface area contributed by atoms with Crippen LogP contribution < -0.4 is 0 Å². The van der Waals surface area contributed by atoms with Crippen LogP contribution in [0.1, 0.15) is 47.0 Å². The van der Waals surface area contributed by atoms with E-state index in [1.807, 2.05) is 0 Å². The molecule has 0 fully saturated rings. The fraction of sp³-hybridized carbons (Fsp3) is 0.867. The molecule has 0 spiro atoms. The zero-order chi connectivity index (χ0) is 18.3. The van der Waals surface area contributed by atoms with E-state index in [4.69, 9.17) is 14.6 Å². The van der Waals surface area contributed by atoms with Gasteiger partial charge in [-0.05, 0) is 33.6 Å². The molecule has 0 bridgehead atoms. The second-order valence-corrected chi connectivity index (χ2v) is 6.34. The summed E-state index contributed by atoms with van der Waals surface area (Å²) in [6.45, 7) is 5.18. The van der Waals surface area contributed by atoms with Crippen LogP contribution >= 0.6 is 0 Å². The van der Waals surface area contributed by atoms with E-state index in [-0.39, 0.29) is 19.6 Å². The molecule has 0 amide bonds. The van der Waals surface area contributed by atoms with Crippen LogP contribution in [0.15, 0.2) is 0 Å². The van der Waals surface area contributed by atoms with Gasteiger partial charge in [0.05, 0.1) is 30.5 Å². The molecule has 136 valence electrons. The number of ether oxygens (including phenoxy) is 2. The summed E-state index contributed by atoms with van der Waals surface area (Å²) >= 11 is 0. The third-order valence-electron chi connectivity index (χ3n) is 3.60. The molecule has 1 unspecified atom stereocenters. The van der Waals surface area contributed by atoms with Crippen LogP contribution in [0.4, 0.5) is 13.2 Å². The summed E-state index contributed by atoms with van der Waals surface area (Å²) in [6.07, 6.45) is -5.24. The van der Waals surface area contributed by atoms with E-state index in [0.29, 0.717) is 6.42 Å². The third-order valence-corrected chi connectivity index (χ3v) is 3.60. The number of hydrogen-bond acceptors (Lipinski definition) is 5. The largest absolute Gasteiger partial charge is 0.465 e. The molecule has 1 N–H and O–H groups in total. The van der Waals surface area contributed by atoms with Gasteiger partial charge < -0.3 is 14.6 Å². The van der Waals surface area contributed by atoms with Crippen molar-refractivity contribution in [3.05, 3.63) is 0 Å². The molecule has 0 aromatic carbocycles. The Morgan fingerprint density at radius 2 is 1.52 bits per heavy atom. The van der Waals surface area contributed by atoms with Crippen LogP contribution in [-0.4, -0.2) is 43.0 Å². The van der Waals surface area contributed by atoms with E-state index >= 15 is 0 Å². The van der Waals surface area contributed by atoms with Crippen LogP contribution in [0.3, 0.4) is 0 Å². The summed E-state index contributed by atoms with van der Waals surface area (Å²) in [7, 11) is 0. The van der Waals surface area contributed by atoms with Gasteiger partial charge in [-0.25, -0.2) is 0 Å². The highest BCUT2D eigenvalue weighted by atomic mass is 19.4. The first kappa shape index (κ1) is 21.7. The molecule has 0 aliphatic carbocycles. The van der Waals surface area contributed by atoms with Crippen molar-refractivity contribution in [1.29, 1.82) is 0 Å². The summed E-state index contributed by atoms with van der Waals surface area (Å²) in [5.74, 6) is -1.36. The molecule has 5 nitrogen and oxygen atoms in total. The molecule has 0 radical (unpaired) electrons. The van der Waals surface area contributed by atoms with Crippen LogP contribution in [-0.2, 0) is 19.1 Å². The molecule has 8 heteroatoms. The monoisotopic (exact) mass is 342 g/mol. The minimum atomic E-state index is -4.39. The molecule has 0 aliphatic rings. The zero-order valence-corrected chi connectivity index (χ0v) is 14.0. The first-order valence-electron chi connectivity index (χ1n) is 7.40. The molecular weight excluding hydrogens is 317 g/mol. The lowest BCUT2D eigenvalue weighted by Gasteiger charge is -2.33. The summed E-state index contributed by atoms with van der Waals surface area (Å²) < 4.78 is 45.9. The van der Waals surface area contributed by atoms with Gasteiger partial charge in [-0.2, -0.15) is 13.2 Å². The van der Waals surface area contributed by atoms with E-state index in [0.717, 1.165) is 0 Å². The number of alkyl halides is 3. The maximum atomic E-state index is 12.1. The highest BCUT2D eigenvalue weighted by Gasteiger charge is 2.43. The Kier molecular flexibility index (Phi) is 8.03. The predicted molar refractivity (Wildman–Crippen MR) is 76.5 cm³/mol. The topological polar surface area (TPSA) is 72.8 Å². The Morgan fingerprint density at radius 1 is 1.00 bits per heavy atom. The van der Waals surface area contributed by atoms with Gasteiger partial charge in [0.15, 0.2) is 0 Å². The summed E-state index contributed by atoms with van der Waals surface area (Å²) in [4.78, 5) is 24.1. The standard InChI is InChI=1S/C15H25F3O5/c1-5-14(4,12(21)22-8-6-15(16,17)18)10-13(2,3)11(20)23-9-7-19/h19H,5-10H2,1-4H3. The van der Waals surface area contributed by atoms with Crippen LogP contribution in [0.5, 0.6) is 0 Å². The van der Waals surface area contributed by atoms with Crippen molar-refractivity contribution in [3.63, 3.8) is 0 Å². The Balaban J connectivity index is 4.80. The van der Waals surface area contributed by atoms with Crippen molar-refractivity contribution in [3.8, 4) is 0 Å². The average Bonchev–Trinajstić information content (AvgIpc) is 2.42. The first-order valence-corrected chi connectivity index (χ1v) is 7.40. The van der Waals surface area contributed by atoms with Crippen molar-refractivity contribution in [2.24, 2.45) is 10.8 Å². The number of carbonyl (C=O) groups is 2. The van der Waals surface area contributed by atoms with Gasteiger partial charge in [0, 0.05) is 0 Å². The first-order chi connectivity index (χ1) is 10.4. The van der Waals surface area contributed by atoms with Gasteiger partial charge in [0.1, 0.15) is 6.61 Å². The molecule has 0 rings (SSSR count). The van der Waals surface area contributed by atoms with Crippen molar-refractivity contribution < 1.29 is 37.3 Å². The number of hydrogen-bond donors (Lipinski definition) is 1. The van der Waals surface area contributed by atoms with Gasteiger partial charge in [-0.1, -0.05) is 6.92 Å². The summed E-state index contributed by atoms with van der Waals surface area (Å²) in [5, 5.41) is 8.67.